The van der Waals surface area contributed by atoms with Gasteiger partial charge in [0.05, 0.1) is 18.2 Å². The Labute approximate surface area is 79.1 Å². The molecule has 5 heteroatoms. The molecule has 13 heavy (non-hydrogen) atoms. The minimum absolute atomic E-state index is 0.149. The van der Waals surface area contributed by atoms with Gasteiger partial charge >= 0.3 is 0 Å². The Kier molecular flexibility index (Phi) is 1.98. The molecule has 70 valence electrons. The molecule has 3 nitrogen and oxygen atoms in total. The van der Waals surface area contributed by atoms with Crippen LogP contribution in [0.1, 0.15) is 5.56 Å². The van der Waals surface area contributed by atoms with E-state index in [1.54, 1.807) is 0 Å². The Morgan fingerprint density at radius 3 is 2.85 bits per heavy atom. The monoisotopic (exact) mass is 203 g/mol. The highest BCUT2D eigenvalue weighted by atomic mass is 35.5. The molecule has 0 unspecified atom stereocenters. The Bertz CT molecular complexity index is 341. The fourth-order valence-corrected chi connectivity index (χ4v) is 1.50. The Hall–Kier alpha value is -0.710. The molecule has 1 aliphatic rings. The zero-order chi connectivity index (χ0) is 9.47. The van der Waals surface area contributed by atoms with Crippen molar-refractivity contribution in [2.45, 2.75) is 5.60 Å². The van der Waals surface area contributed by atoms with Gasteiger partial charge in [-0.05, 0) is 0 Å². The summed E-state index contributed by atoms with van der Waals surface area (Å²) >= 11 is 5.75. The fourth-order valence-electron chi connectivity index (χ4n) is 1.22. The third-order valence-electron chi connectivity index (χ3n) is 2.01. The van der Waals surface area contributed by atoms with E-state index in [2.05, 4.69) is 4.98 Å². The van der Waals surface area contributed by atoms with Crippen LogP contribution in [-0.2, 0) is 10.3 Å². The first kappa shape index (κ1) is 8.87. The molecule has 0 amide bonds. The van der Waals surface area contributed by atoms with E-state index in [4.69, 9.17) is 16.3 Å². The third kappa shape index (κ3) is 1.41. The van der Waals surface area contributed by atoms with Crippen molar-refractivity contribution in [1.29, 1.82) is 0 Å². The van der Waals surface area contributed by atoms with Crippen LogP contribution >= 0.6 is 11.6 Å². The van der Waals surface area contributed by atoms with Gasteiger partial charge in [-0.15, -0.1) is 0 Å². The summed E-state index contributed by atoms with van der Waals surface area (Å²) < 4.78 is 17.6. The highest BCUT2D eigenvalue weighted by Gasteiger charge is 2.39. The quantitative estimate of drug-likeness (QED) is 0.695. The maximum Gasteiger partial charge on any atom is 0.213 e. The Morgan fingerprint density at radius 2 is 2.31 bits per heavy atom. The second-order valence-electron chi connectivity index (χ2n) is 3.01. The predicted octanol–water partition coefficient (Wildman–Crippen LogP) is 1.09. The van der Waals surface area contributed by atoms with Crippen molar-refractivity contribution < 1.29 is 14.2 Å². The number of nitrogens with zero attached hydrogens (tertiary/aromatic N) is 1. The second-order valence-corrected chi connectivity index (χ2v) is 3.42. The molecule has 0 aliphatic carbocycles. The SMILES string of the molecule is OC1(c2cc(F)ncc2Cl)COC1. The molecule has 1 N–H and O–H groups in total. The van der Waals surface area contributed by atoms with Crippen LogP contribution in [0, 0.1) is 5.95 Å². The molecule has 0 atom stereocenters. The first-order chi connectivity index (χ1) is 6.12. The van der Waals surface area contributed by atoms with Crippen LogP contribution in [0.4, 0.5) is 4.39 Å². The van der Waals surface area contributed by atoms with E-state index in [1.807, 2.05) is 0 Å². The third-order valence-corrected chi connectivity index (χ3v) is 2.31. The number of halogens is 2. The summed E-state index contributed by atoms with van der Waals surface area (Å²) in [4.78, 5) is 3.36. The van der Waals surface area contributed by atoms with Crippen LogP contribution in [0.2, 0.25) is 5.02 Å². The highest BCUT2D eigenvalue weighted by Crippen LogP contribution is 2.33. The molecule has 0 bridgehead atoms. The van der Waals surface area contributed by atoms with Gasteiger partial charge in [-0.1, -0.05) is 11.6 Å². The van der Waals surface area contributed by atoms with Crippen LogP contribution in [0.5, 0.6) is 0 Å². The standard InChI is InChI=1S/C8H7ClFNO2/c9-6-2-11-7(10)1-5(6)8(12)3-13-4-8/h1-2,12H,3-4H2. The molecule has 0 radical (unpaired) electrons. The lowest BCUT2D eigenvalue weighted by Gasteiger charge is -2.37. The summed E-state index contributed by atoms with van der Waals surface area (Å²) in [6, 6.07) is 1.13. The van der Waals surface area contributed by atoms with E-state index in [0.29, 0.717) is 5.56 Å². The number of ether oxygens (including phenoxy) is 1. The van der Waals surface area contributed by atoms with Gasteiger partial charge < -0.3 is 9.84 Å². The molecule has 1 saturated heterocycles. The van der Waals surface area contributed by atoms with E-state index in [0.717, 1.165) is 6.07 Å². The predicted molar refractivity (Wildman–Crippen MR) is 43.9 cm³/mol. The summed E-state index contributed by atoms with van der Waals surface area (Å²) in [5, 5.41) is 10.0. The van der Waals surface area contributed by atoms with Crippen molar-refractivity contribution in [3.8, 4) is 0 Å². The number of aromatic nitrogens is 1. The summed E-state index contributed by atoms with van der Waals surface area (Å²) in [6.45, 7) is 0.298. The number of hydrogen-bond donors (Lipinski definition) is 1. The zero-order valence-electron chi connectivity index (χ0n) is 6.63. The van der Waals surface area contributed by atoms with Gasteiger partial charge in [-0.3, -0.25) is 0 Å². The molecule has 2 rings (SSSR count). The van der Waals surface area contributed by atoms with Crippen molar-refractivity contribution in [2.24, 2.45) is 0 Å². The second kappa shape index (κ2) is 2.90. The lowest BCUT2D eigenvalue weighted by molar-refractivity contribution is -0.184. The number of pyridine rings is 1. The molecule has 1 aromatic rings. The summed E-state index contributed by atoms with van der Waals surface area (Å²) in [5.41, 5.74) is -0.797. The van der Waals surface area contributed by atoms with Crippen molar-refractivity contribution in [1.82, 2.24) is 4.98 Å². The number of aliphatic hydroxyl groups is 1. The van der Waals surface area contributed by atoms with Gasteiger partial charge in [-0.2, -0.15) is 4.39 Å². The van der Waals surface area contributed by atoms with Crippen molar-refractivity contribution >= 4 is 11.6 Å². The van der Waals surface area contributed by atoms with E-state index in [1.165, 1.54) is 6.20 Å². The van der Waals surface area contributed by atoms with Crippen LogP contribution in [0.15, 0.2) is 12.3 Å². The van der Waals surface area contributed by atoms with E-state index in [9.17, 15) is 9.50 Å². The van der Waals surface area contributed by atoms with Gasteiger partial charge in [0.2, 0.25) is 5.95 Å². The average molecular weight is 204 g/mol. The summed E-state index contributed by atoms with van der Waals surface area (Å²) in [5.74, 6) is -0.653. The van der Waals surface area contributed by atoms with E-state index >= 15 is 0 Å². The van der Waals surface area contributed by atoms with Crippen molar-refractivity contribution in [3.63, 3.8) is 0 Å². The van der Waals surface area contributed by atoms with Gasteiger partial charge in [0.1, 0.15) is 5.60 Å². The molecular formula is C8H7ClFNO2. The minimum atomic E-state index is -1.14. The topological polar surface area (TPSA) is 42.4 Å². The Morgan fingerprint density at radius 1 is 1.62 bits per heavy atom. The lowest BCUT2D eigenvalue weighted by Crippen LogP contribution is -2.46. The molecule has 0 saturated carbocycles. The lowest BCUT2D eigenvalue weighted by atomic mass is 9.93. The van der Waals surface area contributed by atoms with Gasteiger partial charge in [0, 0.05) is 17.8 Å². The van der Waals surface area contributed by atoms with E-state index < -0.39 is 11.5 Å². The average Bonchev–Trinajstić information content (AvgIpc) is 2.05. The molecule has 1 fully saturated rings. The van der Waals surface area contributed by atoms with Gasteiger partial charge in [0.25, 0.3) is 0 Å². The van der Waals surface area contributed by atoms with E-state index in [-0.39, 0.29) is 18.2 Å². The first-order valence-corrected chi connectivity index (χ1v) is 4.11. The van der Waals surface area contributed by atoms with Gasteiger partial charge in [-0.25, -0.2) is 4.98 Å². The summed E-state index contributed by atoms with van der Waals surface area (Å²) in [6.07, 6.45) is 1.18. The minimum Gasteiger partial charge on any atom is -0.380 e. The highest BCUT2D eigenvalue weighted by molar-refractivity contribution is 6.31. The Balaban J connectivity index is 2.43. The van der Waals surface area contributed by atoms with Crippen LogP contribution in [-0.4, -0.2) is 23.3 Å². The van der Waals surface area contributed by atoms with Crippen LogP contribution in [0.3, 0.4) is 0 Å². The molecule has 0 spiro atoms. The summed E-state index contributed by atoms with van der Waals surface area (Å²) in [7, 11) is 0. The molecule has 1 aliphatic heterocycles. The van der Waals surface area contributed by atoms with Crippen molar-refractivity contribution in [3.05, 3.63) is 28.8 Å². The zero-order valence-corrected chi connectivity index (χ0v) is 7.38. The number of rotatable bonds is 1. The molecule has 1 aromatic heterocycles. The molecule has 2 heterocycles. The van der Waals surface area contributed by atoms with Crippen molar-refractivity contribution in [2.75, 3.05) is 13.2 Å². The normalized spacial score (nSPS) is 19.6. The smallest absolute Gasteiger partial charge is 0.213 e. The number of hydrogen-bond acceptors (Lipinski definition) is 3. The molecular weight excluding hydrogens is 197 g/mol. The maximum atomic E-state index is 12.7. The maximum absolute atomic E-state index is 12.7. The first-order valence-electron chi connectivity index (χ1n) is 3.73. The molecule has 0 aromatic carbocycles. The van der Waals surface area contributed by atoms with Gasteiger partial charge in [0.15, 0.2) is 0 Å². The largest absolute Gasteiger partial charge is 0.380 e. The fraction of sp³-hybridized carbons (Fsp3) is 0.375. The van der Waals surface area contributed by atoms with Crippen LogP contribution < -0.4 is 0 Å². The van der Waals surface area contributed by atoms with Crippen LogP contribution in [0.25, 0.3) is 0 Å².